The Kier molecular flexibility index (Phi) is 6.93. The molecule has 0 saturated heterocycles. The lowest BCUT2D eigenvalue weighted by Crippen LogP contribution is -2.45. The van der Waals surface area contributed by atoms with Gasteiger partial charge in [0, 0.05) is 18.0 Å². The zero-order valence-electron chi connectivity index (χ0n) is 17.7. The number of para-hydroxylation sites is 1. The van der Waals surface area contributed by atoms with Crippen molar-refractivity contribution in [3.63, 3.8) is 0 Å². The summed E-state index contributed by atoms with van der Waals surface area (Å²) in [4.78, 5) is 31.7. The second-order valence-electron chi connectivity index (χ2n) is 7.65. The fourth-order valence-electron chi connectivity index (χ4n) is 3.49. The normalized spacial score (nSPS) is 18.4. The van der Waals surface area contributed by atoms with Crippen LogP contribution in [0.5, 0.6) is 0 Å². The third-order valence-corrected chi connectivity index (χ3v) is 7.34. The number of benzene rings is 2. The first-order valence-electron chi connectivity index (χ1n) is 10.2. The lowest BCUT2D eigenvalue weighted by Gasteiger charge is -2.28. The highest BCUT2D eigenvalue weighted by Crippen LogP contribution is 2.46. The molecule has 2 atom stereocenters. The molecule has 0 saturated carbocycles. The summed E-state index contributed by atoms with van der Waals surface area (Å²) in [7, 11) is 3.89. The van der Waals surface area contributed by atoms with Crippen LogP contribution in [0.3, 0.4) is 0 Å². The largest absolute Gasteiger partial charge is 0.446 e. The predicted octanol–water partition coefficient (Wildman–Crippen LogP) is 4.85. The van der Waals surface area contributed by atoms with Gasteiger partial charge < -0.3 is 14.5 Å². The van der Waals surface area contributed by atoms with Crippen molar-refractivity contribution in [2.45, 2.75) is 16.2 Å². The van der Waals surface area contributed by atoms with Gasteiger partial charge in [0.25, 0.3) is 5.91 Å². The van der Waals surface area contributed by atoms with Crippen LogP contribution in [0.15, 0.2) is 70.9 Å². The predicted molar refractivity (Wildman–Crippen MR) is 126 cm³/mol. The Morgan fingerprint density at radius 2 is 1.84 bits per heavy atom. The third-order valence-electron chi connectivity index (χ3n) is 5.12. The van der Waals surface area contributed by atoms with E-state index in [0.717, 1.165) is 16.1 Å². The number of carbonyl (C=O) groups excluding carboxylic acids is 2. The Balaban J connectivity index is 1.77. The Labute approximate surface area is 194 Å². The number of likely N-dealkylation sites (N-methyl/N-ethyl adjacent to an activating group) is 1. The number of ether oxygens (including phenoxy) is 1. The molecule has 0 aliphatic carbocycles. The number of thioether (sulfide) groups is 1. The second-order valence-corrected chi connectivity index (χ2v) is 9.79. The van der Waals surface area contributed by atoms with E-state index in [1.54, 1.807) is 34.5 Å². The van der Waals surface area contributed by atoms with Crippen LogP contribution in [-0.2, 0) is 9.53 Å². The highest BCUT2D eigenvalue weighted by molar-refractivity contribution is 7.99. The maximum atomic E-state index is 13.8. The van der Waals surface area contributed by atoms with Crippen LogP contribution in [0.1, 0.15) is 20.5 Å². The lowest BCUT2D eigenvalue weighted by molar-refractivity contribution is -0.127. The third kappa shape index (κ3) is 4.87. The van der Waals surface area contributed by atoms with Gasteiger partial charge in [-0.05, 0) is 55.4 Å². The van der Waals surface area contributed by atoms with Crippen molar-refractivity contribution in [3.05, 3.63) is 82.3 Å². The van der Waals surface area contributed by atoms with Gasteiger partial charge in [0.15, 0.2) is 6.10 Å². The molecule has 0 unspecified atom stereocenters. The van der Waals surface area contributed by atoms with Crippen molar-refractivity contribution in [2.24, 2.45) is 0 Å². The van der Waals surface area contributed by atoms with Gasteiger partial charge in [0.2, 0.25) is 0 Å². The maximum Gasteiger partial charge on any atom is 0.349 e. The molecule has 4 rings (SSSR count). The van der Waals surface area contributed by atoms with Gasteiger partial charge in [0.05, 0.1) is 10.9 Å². The molecule has 5 nitrogen and oxygen atoms in total. The number of thiophene rings is 1. The van der Waals surface area contributed by atoms with Crippen molar-refractivity contribution in [2.75, 3.05) is 32.1 Å². The molecule has 32 heavy (non-hydrogen) atoms. The van der Waals surface area contributed by atoms with Gasteiger partial charge in [0.1, 0.15) is 10.7 Å². The number of carbonyl (C=O) groups is 2. The molecule has 8 heteroatoms. The molecule has 0 N–H and O–H groups in total. The molecule has 1 aliphatic rings. The maximum absolute atomic E-state index is 13.8. The highest BCUT2D eigenvalue weighted by atomic mass is 32.2. The van der Waals surface area contributed by atoms with Crippen molar-refractivity contribution in [3.8, 4) is 0 Å². The summed E-state index contributed by atoms with van der Waals surface area (Å²) in [6.45, 7) is 1.10. The van der Waals surface area contributed by atoms with Crippen LogP contribution >= 0.6 is 23.1 Å². The van der Waals surface area contributed by atoms with E-state index in [-0.39, 0.29) is 11.7 Å². The first-order valence-corrected chi connectivity index (χ1v) is 11.9. The number of amides is 1. The summed E-state index contributed by atoms with van der Waals surface area (Å²) in [6, 6.07) is 17.1. The van der Waals surface area contributed by atoms with Crippen LogP contribution < -0.4 is 4.90 Å². The summed E-state index contributed by atoms with van der Waals surface area (Å²) < 4.78 is 19.5. The van der Waals surface area contributed by atoms with Crippen molar-refractivity contribution >= 4 is 40.7 Å². The fourth-order valence-corrected chi connectivity index (χ4v) is 5.41. The summed E-state index contributed by atoms with van der Waals surface area (Å²) in [5, 5.41) is 1.27. The van der Waals surface area contributed by atoms with Crippen molar-refractivity contribution in [1.82, 2.24) is 4.90 Å². The van der Waals surface area contributed by atoms with Gasteiger partial charge in [-0.3, -0.25) is 4.79 Å². The first-order chi connectivity index (χ1) is 15.4. The molecule has 1 aliphatic heterocycles. The van der Waals surface area contributed by atoms with E-state index >= 15 is 0 Å². The average molecular weight is 471 g/mol. The van der Waals surface area contributed by atoms with Crippen molar-refractivity contribution in [1.29, 1.82) is 0 Å². The Bertz CT molecular complexity index is 1090. The lowest BCUT2D eigenvalue weighted by atomic mass is 10.1. The summed E-state index contributed by atoms with van der Waals surface area (Å²) in [5.74, 6) is -1.19. The Morgan fingerprint density at radius 1 is 1.09 bits per heavy atom. The number of esters is 1. The fraction of sp³-hybridized carbons (Fsp3) is 0.250. The van der Waals surface area contributed by atoms with E-state index in [1.807, 2.05) is 43.3 Å². The summed E-state index contributed by atoms with van der Waals surface area (Å²) >= 11 is 2.72. The van der Waals surface area contributed by atoms with Gasteiger partial charge in [-0.25, -0.2) is 9.18 Å². The zero-order chi connectivity index (χ0) is 22.7. The number of fused-ring (bicyclic) bond motifs is 1. The first kappa shape index (κ1) is 22.5. The van der Waals surface area contributed by atoms with E-state index in [9.17, 15) is 14.0 Å². The monoisotopic (exact) mass is 470 g/mol. The molecular formula is C24H23FN2O3S2. The molecule has 2 aromatic carbocycles. The number of hydrogen-bond donors (Lipinski definition) is 0. The minimum atomic E-state index is -1.06. The van der Waals surface area contributed by atoms with Gasteiger partial charge in [-0.15, -0.1) is 23.1 Å². The van der Waals surface area contributed by atoms with Gasteiger partial charge in [-0.2, -0.15) is 0 Å². The smallest absolute Gasteiger partial charge is 0.349 e. The van der Waals surface area contributed by atoms with E-state index in [1.165, 1.54) is 35.2 Å². The zero-order valence-corrected chi connectivity index (χ0v) is 19.4. The highest BCUT2D eigenvalue weighted by Gasteiger charge is 2.41. The van der Waals surface area contributed by atoms with Crippen LogP contribution in [0.4, 0.5) is 10.1 Å². The second kappa shape index (κ2) is 9.85. The number of anilines is 1. The molecule has 0 radical (unpaired) electrons. The molecule has 2 heterocycles. The van der Waals surface area contributed by atoms with Crippen molar-refractivity contribution < 1.29 is 18.7 Å². The van der Waals surface area contributed by atoms with E-state index in [4.69, 9.17) is 4.74 Å². The van der Waals surface area contributed by atoms with E-state index in [0.29, 0.717) is 18.0 Å². The summed E-state index contributed by atoms with van der Waals surface area (Å²) in [5.41, 5.74) is 1.50. The Morgan fingerprint density at radius 3 is 2.53 bits per heavy atom. The minimum absolute atomic E-state index is 0.288. The minimum Gasteiger partial charge on any atom is -0.446 e. The number of halogens is 1. The van der Waals surface area contributed by atoms with E-state index < -0.39 is 17.3 Å². The van der Waals surface area contributed by atoms with Gasteiger partial charge in [-0.1, -0.05) is 30.3 Å². The molecule has 3 aromatic rings. The molecular weight excluding hydrogens is 447 g/mol. The molecule has 0 spiro atoms. The SMILES string of the molecule is CN(C)CCN1C(=O)[C@H](OC(=O)c2cccs2)[C@H](c2ccc(F)cc2)Sc2ccccc21. The molecule has 1 amide bonds. The molecule has 1 aromatic heterocycles. The Hall–Kier alpha value is -2.68. The molecule has 0 fully saturated rings. The number of rotatable bonds is 6. The quantitative estimate of drug-likeness (QED) is 0.482. The number of nitrogens with zero attached hydrogens (tertiary/aromatic N) is 2. The van der Waals surface area contributed by atoms with Crippen LogP contribution in [0.2, 0.25) is 0 Å². The molecule has 0 bridgehead atoms. The van der Waals surface area contributed by atoms with Crippen LogP contribution in [0, 0.1) is 5.82 Å². The standard InChI is InChI=1S/C24H23FN2O3S2/c1-26(2)13-14-27-18-6-3-4-7-19(18)32-22(16-9-11-17(25)12-10-16)21(23(27)28)30-24(29)20-8-5-15-31-20/h3-12,15,21-22H,13-14H2,1-2H3/t21-,22+/m1/s1. The van der Waals surface area contributed by atoms with Crippen LogP contribution in [0.25, 0.3) is 0 Å². The van der Waals surface area contributed by atoms with E-state index in [2.05, 4.69) is 0 Å². The van der Waals surface area contributed by atoms with Gasteiger partial charge >= 0.3 is 5.97 Å². The topological polar surface area (TPSA) is 49.9 Å². The van der Waals surface area contributed by atoms with Crippen LogP contribution in [-0.4, -0.2) is 50.1 Å². The summed E-state index contributed by atoms with van der Waals surface area (Å²) in [6.07, 6.45) is -1.06. The molecule has 166 valence electrons. The average Bonchev–Trinajstić information content (AvgIpc) is 3.29. The number of hydrogen-bond acceptors (Lipinski definition) is 6.